The highest BCUT2D eigenvalue weighted by Crippen LogP contribution is 2.33. The molecule has 0 fully saturated rings. The summed E-state index contributed by atoms with van der Waals surface area (Å²) in [5.74, 6) is -0.491. The molecule has 0 bridgehead atoms. The number of hydrogen-bond acceptors (Lipinski definition) is 6. The molecule has 0 radical (unpaired) electrons. The van der Waals surface area contributed by atoms with E-state index in [9.17, 15) is 14.9 Å². The van der Waals surface area contributed by atoms with Gasteiger partial charge in [-0.15, -0.1) is 0 Å². The van der Waals surface area contributed by atoms with Gasteiger partial charge in [0.05, 0.1) is 22.3 Å². The third-order valence-electron chi connectivity index (χ3n) is 5.85. The van der Waals surface area contributed by atoms with E-state index in [4.69, 9.17) is 0 Å². The van der Waals surface area contributed by atoms with Gasteiger partial charge in [-0.1, -0.05) is 42.5 Å². The molecule has 2 N–H and O–H groups in total. The molecule has 9 heteroatoms. The van der Waals surface area contributed by atoms with Crippen molar-refractivity contribution in [3.8, 4) is 11.3 Å². The molecule has 36 heavy (non-hydrogen) atoms. The Kier molecular flexibility index (Phi) is 5.87. The molecule has 0 aliphatic heterocycles. The number of benzene rings is 3. The molecule has 0 saturated carbocycles. The van der Waals surface area contributed by atoms with Crippen molar-refractivity contribution >= 4 is 45.3 Å². The van der Waals surface area contributed by atoms with Gasteiger partial charge in [0.1, 0.15) is 5.69 Å². The number of nitro benzene ring substituents is 1. The molecule has 0 spiro atoms. The van der Waals surface area contributed by atoms with E-state index in [0.29, 0.717) is 16.8 Å². The number of anilines is 1. The molecule has 5 rings (SSSR count). The van der Waals surface area contributed by atoms with Crippen LogP contribution >= 0.6 is 0 Å². The molecule has 1 amide bonds. The lowest BCUT2D eigenvalue weighted by Crippen LogP contribution is -2.19. The van der Waals surface area contributed by atoms with Crippen molar-refractivity contribution in [1.29, 1.82) is 0 Å². The SMILES string of the molecule is CN(C)c1ccc(/C=N/NC(=O)c2cc3c([nH]c4ccccc43)c(-c3cccc([N+](=O)[O-])c3)n2)cc1. The number of amides is 1. The number of aromatic nitrogens is 2. The first-order valence-electron chi connectivity index (χ1n) is 11.2. The maximum atomic E-state index is 13.0. The van der Waals surface area contributed by atoms with Gasteiger partial charge in [-0.25, -0.2) is 10.4 Å². The summed E-state index contributed by atoms with van der Waals surface area (Å²) in [6, 6.07) is 23.3. The normalized spacial score (nSPS) is 11.3. The Morgan fingerprint density at radius 1 is 1.03 bits per heavy atom. The number of pyridine rings is 1. The number of carbonyl (C=O) groups is 1. The lowest BCUT2D eigenvalue weighted by molar-refractivity contribution is -0.384. The van der Waals surface area contributed by atoms with Crippen molar-refractivity contribution < 1.29 is 9.72 Å². The molecule has 0 aliphatic rings. The van der Waals surface area contributed by atoms with E-state index >= 15 is 0 Å². The van der Waals surface area contributed by atoms with Gasteiger partial charge in [0.25, 0.3) is 11.6 Å². The lowest BCUT2D eigenvalue weighted by Gasteiger charge is -2.11. The number of hydrogen-bond donors (Lipinski definition) is 2. The molecular formula is C27H22N6O3. The zero-order chi connectivity index (χ0) is 25.2. The van der Waals surface area contributed by atoms with Gasteiger partial charge in [-0.3, -0.25) is 14.9 Å². The second-order valence-electron chi connectivity index (χ2n) is 8.44. The van der Waals surface area contributed by atoms with Crippen molar-refractivity contribution in [3.63, 3.8) is 0 Å². The van der Waals surface area contributed by atoms with E-state index in [0.717, 1.165) is 27.5 Å². The second kappa shape index (κ2) is 9.30. The Morgan fingerprint density at radius 2 is 1.81 bits per heavy atom. The number of fused-ring (bicyclic) bond motifs is 3. The number of H-pyrrole nitrogens is 1. The molecule has 2 aromatic heterocycles. The zero-order valence-corrected chi connectivity index (χ0v) is 19.6. The van der Waals surface area contributed by atoms with Crippen molar-refractivity contribution in [2.75, 3.05) is 19.0 Å². The molecule has 0 unspecified atom stereocenters. The monoisotopic (exact) mass is 478 g/mol. The van der Waals surface area contributed by atoms with E-state index in [1.807, 2.05) is 67.5 Å². The minimum absolute atomic E-state index is 0.0571. The molecule has 0 atom stereocenters. The molecule has 2 heterocycles. The first-order chi connectivity index (χ1) is 17.4. The van der Waals surface area contributed by atoms with E-state index in [1.165, 1.54) is 12.1 Å². The summed E-state index contributed by atoms with van der Waals surface area (Å²) in [5, 5.41) is 17.1. The molecule has 9 nitrogen and oxygen atoms in total. The molecule has 3 aromatic carbocycles. The number of nitrogens with one attached hydrogen (secondary N) is 2. The van der Waals surface area contributed by atoms with E-state index in [2.05, 4.69) is 20.5 Å². The van der Waals surface area contributed by atoms with Gasteiger partial charge in [0.2, 0.25) is 0 Å². The number of hydrazone groups is 1. The maximum absolute atomic E-state index is 13.0. The number of carbonyl (C=O) groups excluding carboxylic acids is 1. The van der Waals surface area contributed by atoms with Crippen molar-refractivity contribution in [2.24, 2.45) is 5.10 Å². The summed E-state index contributed by atoms with van der Waals surface area (Å²) in [6.07, 6.45) is 1.56. The number of rotatable bonds is 6. The highest BCUT2D eigenvalue weighted by molar-refractivity contribution is 6.13. The van der Waals surface area contributed by atoms with Crippen LogP contribution in [-0.2, 0) is 0 Å². The number of nitrogens with zero attached hydrogens (tertiary/aromatic N) is 4. The quantitative estimate of drug-likeness (QED) is 0.200. The van der Waals surface area contributed by atoms with Gasteiger partial charge in [0.15, 0.2) is 0 Å². The van der Waals surface area contributed by atoms with Crippen LogP contribution in [-0.4, -0.2) is 41.1 Å². The Labute approximate surface area is 206 Å². The molecule has 178 valence electrons. The van der Waals surface area contributed by atoms with Crippen LogP contribution in [0.25, 0.3) is 33.1 Å². The Hall–Kier alpha value is -5.05. The maximum Gasteiger partial charge on any atom is 0.289 e. The number of para-hydroxylation sites is 1. The second-order valence-corrected chi connectivity index (χ2v) is 8.44. The number of aromatic amines is 1. The topological polar surface area (TPSA) is 117 Å². The van der Waals surface area contributed by atoms with Crippen LogP contribution in [0.2, 0.25) is 0 Å². The predicted molar refractivity (Wildman–Crippen MR) is 142 cm³/mol. The first-order valence-corrected chi connectivity index (χ1v) is 11.2. The number of non-ortho nitro benzene ring substituents is 1. The predicted octanol–water partition coefficient (Wildman–Crippen LogP) is 5.12. The summed E-state index contributed by atoms with van der Waals surface area (Å²) in [4.78, 5) is 33.8. The summed E-state index contributed by atoms with van der Waals surface area (Å²) in [5.41, 5.74) is 7.05. The minimum Gasteiger partial charge on any atom is -0.378 e. The smallest absolute Gasteiger partial charge is 0.289 e. The fraction of sp³-hybridized carbons (Fsp3) is 0.0741. The van der Waals surface area contributed by atoms with E-state index in [1.54, 1.807) is 24.4 Å². The molecular weight excluding hydrogens is 456 g/mol. The third kappa shape index (κ3) is 4.37. The average Bonchev–Trinajstić information content (AvgIpc) is 3.27. The van der Waals surface area contributed by atoms with Gasteiger partial charge in [-0.2, -0.15) is 5.10 Å². The summed E-state index contributed by atoms with van der Waals surface area (Å²) in [7, 11) is 3.92. The van der Waals surface area contributed by atoms with E-state index < -0.39 is 10.8 Å². The standard InChI is InChI=1S/C27H22N6O3/c1-32(2)19-12-10-17(11-13-19)16-28-31-27(34)24-15-22-21-8-3-4-9-23(21)29-26(22)25(30-24)18-6-5-7-20(14-18)33(35)36/h3-16,29H,1-2H3,(H,31,34)/b28-16+. The van der Waals surface area contributed by atoms with Gasteiger partial charge in [-0.05, 0) is 29.8 Å². The average molecular weight is 479 g/mol. The Morgan fingerprint density at radius 3 is 2.56 bits per heavy atom. The van der Waals surface area contributed by atoms with E-state index in [-0.39, 0.29) is 11.4 Å². The van der Waals surface area contributed by atoms with Crippen LogP contribution in [0.15, 0.2) is 84.0 Å². The Bertz CT molecular complexity index is 1640. The minimum atomic E-state index is -0.491. The summed E-state index contributed by atoms with van der Waals surface area (Å²) >= 11 is 0. The molecule has 5 aromatic rings. The summed E-state index contributed by atoms with van der Waals surface area (Å²) < 4.78 is 0. The molecule has 0 saturated heterocycles. The van der Waals surface area contributed by atoms with Crippen LogP contribution in [0.3, 0.4) is 0 Å². The van der Waals surface area contributed by atoms with Gasteiger partial charge < -0.3 is 9.88 Å². The first kappa shape index (κ1) is 22.7. The third-order valence-corrected chi connectivity index (χ3v) is 5.85. The fourth-order valence-corrected chi connectivity index (χ4v) is 4.02. The fourth-order valence-electron chi connectivity index (χ4n) is 4.02. The molecule has 0 aliphatic carbocycles. The number of nitro groups is 1. The van der Waals surface area contributed by atoms with Crippen LogP contribution in [0.5, 0.6) is 0 Å². The highest BCUT2D eigenvalue weighted by Gasteiger charge is 2.18. The van der Waals surface area contributed by atoms with Gasteiger partial charge >= 0.3 is 0 Å². The van der Waals surface area contributed by atoms with Crippen molar-refractivity contribution in [3.05, 3.63) is 100 Å². The lowest BCUT2D eigenvalue weighted by atomic mass is 10.1. The summed E-state index contributed by atoms with van der Waals surface area (Å²) in [6.45, 7) is 0. The van der Waals surface area contributed by atoms with Crippen molar-refractivity contribution in [1.82, 2.24) is 15.4 Å². The van der Waals surface area contributed by atoms with Crippen LogP contribution in [0, 0.1) is 10.1 Å². The van der Waals surface area contributed by atoms with Crippen LogP contribution < -0.4 is 10.3 Å². The largest absolute Gasteiger partial charge is 0.378 e. The van der Waals surface area contributed by atoms with Crippen molar-refractivity contribution in [2.45, 2.75) is 0 Å². The van der Waals surface area contributed by atoms with Gasteiger partial charge in [0, 0.05) is 53.8 Å². The van der Waals surface area contributed by atoms with Crippen LogP contribution in [0.4, 0.5) is 11.4 Å². The van der Waals surface area contributed by atoms with Crippen LogP contribution in [0.1, 0.15) is 16.1 Å². The highest BCUT2D eigenvalue weighted by atomic mass is 16.6. The zero-order valence-electron chi connectivity index (χ0n) is 19.6. The Balaban J connectivity index is 1.53.